The van der Waals surface area contributed by atoms with Crippen molar-refractivity contribution in [3.05, 3.63) is 0 Å². The number of fused-ring (bicyclic) bond motifs is 1. The van der Waals surface area contributed by atoms with Crippen molar-refractivity contribution in [1.29, 1.82) is 0 Å². The van der Waals surface area contributed by atoms with E-state index in [9.17, 15) is 9.59 Å². The van der Waals surface area contributed by atoms with E-state index in [2.05, 4.69) is 0 Å². The molecular weight excluding hydrogens is 348 g/mol. The molecule has 0 amide bonds. The van der Waals surface area contributed by atoms with Gasteiger partial charge >= 0.3 is 11.9 Å². The molecule has 0 saturated carbocycles. The maximum Gasteiger partial charge on any atom is 0.305 e. The lowest BCUT2D eigenvalue weighted by Gasteiger charge is -2.42. The number of hydrogen-bond acceptors (Lipinski definition) is 9. The molecular formula is C17H26O9. The topological polar surface area (TPSA) is 98.8 Å². The van der Waals surface area contributed by atoms with Crippen LogP contribution in [0.3, 0.4) is 0 Å². The molecule has 0 aromatic heterocycles. The van der Waals surface area contributed by atoms with Gasteiger partial charge in [0.05, 0.1) is 6.61 Å². The molecule has 26 heavy (non-hydrogen) atoms. The Morgan fingerprint density at radius 1 is 0.846 bits per heavy atom. The molecule has 9 heteroatoms. The van der Waals surface area contributed by atoms with Crippen molar-refractivity contribution in [1.82, 2.24) is 0 Å². The third kappa shape index (κ3) is 4.01. The molecule has 3 aliphatic heterocycles. The van der Waals surface area contributed by atoms with Gasteiger partial charge in [-0.15, -0.1) is 0 Å². The Labute approximate surface area is 152 Å². The van der Waals surface area contributed by atoms with Crippen molar-refractivity contribution in [2.75, 3.05) is 6.61 Å². The number of rotatable bonds is 3. The predicted octanol–water partition coefficient (Wildman–Crippen LogP) is 0.878. The van der Waals surface area contributed by atoms with E-state index in [-0.39, 0.29) is 6.61 Å². The van der Waals surface area contributed by atoms with Crippen LogP contribution >= 0.6 is 0 Å². The molecule has 6 atom stereocenters. The van der Waals surface area contributed by atoms with E-state index >= 15 is 0 Å². The van der Waals surface area contributed by atoms with Crippen LogP contribution in [0.5, 0.6) is 0 Å². The fourth-order valence-electron chi connectivity index (χ4n) is 3.54. The minimum Gasteiger partial charge on any atom is -0.453 e. The Morgan fingerprint density at radius 3 is 2.00 bits per heavy atom. The predicted molar refractivity (Wildman–Crippen MR) is 84.7 cm³/mol. The molecule has 9 nitrogen and oxygen atoms in total. The van der Waals surface area contributed by atoms with Crippen LogP contribution in [-0.2, 0) is 42.7 Å². The largest absolute Gasteiger partial charge is 0.453 e. The second-order valence-electron chi connectivity index (χ2n) is 7.58. The second-order valence-corrected chi connectivity index (χ2v) is 7.58. The smallest absolute Gasteiger partial charge is 0.305 e. The Balaban J connectivity index is 1.89. The lowest BCUT2D eigenvalue weighted by atomic mass is 9.95. The number of hydrogen-bond donors (Lipinski definition) is 0. The normalized spacial score (nSPS) is 40.7. The van der Waals surface area contributed by atoms with Gasteiger partial charge in [-0.25, -0.2) is 0 Å². The van der Waals surface area contributed by atoms with E-state index in [1.807, 2.05) is 0 Å². The minimum absolute atomic E-state index is 0.287. The maximum absolute atomic E-state index is 11.6. The molecule has 0 spiro atoms. The quantitative estimate of drug-likeness (QED) is 0.667. The SMILES string of the molecule is CC(=O)OC1O[C@@H](C2COC(C)(C)O2)[C@H]2OC(C)(C)O[C@H]2[C@H]1OC(C)=O. The molecule has 0 radical (unpaired) electrons. The van der Waals surface area contributed by atoms with Crippen molar-refractivity contribution in [2.24, 2.45) is 0 Å². The zero-order chi connectivity index (χ0) is 19.3. The van der Waals surface area contributed by atoms with Crippen LogP contribution in [0.25, 0.3) is 0 Å². The van der Waals surface area contributed by atoms with Gasteiger partial charge in [-0.2, -0.15) is 0 Å². The third-order valence-electron chi connectivity index (χ3n) is 4.35. The van der Waals surface area contributed by atoms with Gasteiger partial charge in [0.2, 0.25) is 6.29 Å². The van der Waals surface area contributed by atoms with Crippen LogP contribution in [-0.4, -0.2) is 66.9 Å². The molecule has 0 aromatic carbocycles. The first-order chi connectivity index (χ1) is 12.0. The molecule has 0 aromatic rings. The average molecular weight is 374 g/mol. The summed E-state index contributed by atoms with van der Waals surface area (Å²) < 4.78 is 40.0. The first-order valence-electron chi connectivity index (χ1n) is 8.65. The van der Waals surface area contributed by atoms with Crippen molar-refractivity contribution >= 4 is 11.9 Å². The monoisotopic (exact) mass is 374 g/mol. The fourth-order valence-corrected chi connectivity index (χ4v) is 3.54. The van der Waals surface area contributed by atoms with Gasteiger partial charge in [0.1, 0.15) is 24.4 Å². The highest BCUT2D eigenvalue weighted by molar-refractivity contribution is 5.67. The van der Waals surface area contributed by atoms with Crippen LogP contribution < -0.4 is 0 Å². The van der Waals surface area contributed by atoms with Crippen molar-refractivity contribution in [3.8, 4) is 0 Å². The van der Waals surface area contributed by atoms with Crippen LogP contribution in [0.1, 0.15) is 41.5 Å². The third-order valence-corrected chi connectivity index (χ3v) is 4.35. The summed E-state index contributed by atoms with van der Waals surface area (Å²) in [6.07, 6.45) is -4.42. The van der Waals surface area contributed by atoms with E-state index in [1.54, 1.807) is 27.7 Å². The summed E-state index contributed by atoms with van der Waals surface area (Å²) in [5, 5.41) is 0. The highest BCUT2D eigenvalue weighted by Crippen LogP contribution is 2.42. The Kier molecular flexibility index (Phi) is 5.04. The van der Waals surface area contributed by atoms with Crippen molar-refractivity contribution in [2.45, 2.75) is 89.9 Å². The first kappa shape index (κ1) is 19.5. The Bertz CT molecular complexity index is 573. The number of carbonyl (C=O) groups is 2. The Hall–Kier alpha value is -1.26. The molecule has 3 saturated heterocycles. The van der Waals surface area contributed by atoms with Crippen molar-refractivity contribution in [3.63, 3.8) is 0 Å². The van der Waals surface area contributed by atoms with Gasteiger partial charge in [-0.05, 0) is 27.7 Å². The number of carbonyl (C=O) groups excluding carboxylic acids is 2. The zero-order valence-corrected chi connectivity index (χ0v) is 15.8. The van der Waals surface area contributed by atoms with E-state index in [4.69, 9.17) is 33.2 Å². The molecule has 0 aliphatic carbocycles. The summed E-state index contributed by atoms with van der Waals surface area (Å²) in [6, 6.07) is 0. The van der Waals surface area contributed by atoms with Crippen LogP contribution in [0.2, 0.25) is 0 Å². The minimum atomic E-state index is -1.13. The summed E-state index contributed by atoms with van der Waals surface area (Å²) in [7, 11) is 0. The lowest BCUT2D eigenvalue weighted by Crippen LogP contribution is -2.61. The van der Waals surface area contributed by atoms with E-state index < -0.39 is 60.3 Å². The molecule has 2 unspecified atom stereocenters. The average Bonchev–Trinajstić information content (AvgIpc) is 2.99. The standard InChI is InChI=1S/C17H26O9/c1-8(18)21-14-13-12(25-17(5,6)26-13)11(23-15(14)22-9(2)19)10-7-20-16(3,4)24-10/h10-15H,7H2,1-6H3/t10?,11-,12+,13+,14+,15?/m0/s1. The summed E-state index contributed by atoms with van der Waals surface area (Å²) in [4.78, 5) is 23.1. The molecule has 3 aliphatic rings. The van der Waals surface area contributed by atoms with Gasteiger partial charge < -0.3 is 33.2 Å². The maximum atomic E-state index is 11.6. The lowest BCUT2D eigenvalue weighted by molar-refractivity contribution is -0.289. The number of ether oxygens (including phenoxy) is 7. The van der Waals surface area contributed by atoms with Gasteiger partial charge in [0.15, 0.2) is 17.7 Å². The van der Waals surface area contributed by atoms with Gasteiger partial charge in [0, 0.05) is 13.8 Å². The summed E-state index contributed by atoms with van der Waals surface area (Å²) in [6.45, 7) is 9.92. The highest BCUT2D eigenvalue weighted by Gasteiger charge is 2.60. The van der Waals surface area contributed by atoms with Gasteiger partial charge in [0.25, 0.3) is 0 Å². The molecule has 3 fully saturated rings. The van der Waals surface area contributed by atoms with Crippen molar-refractivity contribution < 1.29 is 42.7 Å². The Morgan fingerprint density at radius 2 is 1.46 bits per heavy atom. The van der Waals surface area contributed by atoms with Crippen LogP contribution in [0, 0.1) is 0 Å². The van der Waals surface area contributed by atoms with Crippen LogP contribution in [0.15, 0.2) is 0 Å². The zero-order valence-electron chi connectivity index (χ0n) is 15.8. The summed E-state index contributed by atoms with van der Waals surface area (Å²) in [5.41, 5.74) is 0. The van der Waals surface area contributed by atoms with Gasteiger partial charge in [-0.3, -0.25) is 9.59 Å². The second kappa shape index (κ2) is 6.72. The molecule has 3 heterocycles. The van der Waals surface area contributed by atoms with E-state index in [1.165, 1.54) is 13.8 Å². The van der Waals surface area contributed by atoms with Crippen LogP contribution in [0.4, 0.5) is 0 Å². The number of esters is 2. The molecule has 0 N–H and O–H groups in total. The summed E-state index contributed by atoms with van der Waals surface area (Å²) in [5.74, 6) is -2.79. The first-order valence-corrected chi connectivity index (χ1v) is 8.65. The van der Waals surface area contributed by atoms with Gasteiger partial charge in [-0.1, -0.05) is 0 Å². The molecule has 148 valence electrons. The van der Waals surface area contributed by atoms with E-state index in [0.717, 1.165) is 0 Å². The molecule has 3 rings (SSSR count). The molecule has 0 bridgehead atoms. The highest BCUT2D eigenvalue weighted by atomic mass is 16.8. The fraction of sp³-hybridized carbons (Fsp3) is 0.882. The van der Waals surface area contributed by atoms with E-state index in [0.29, 0.717) is 0 Å². The summed E-state index contributed by atoms with van der Waals surface area (Å²) >= 11 is 0.